The zero-order valence-corrected chi connectivity index (χ0v) is 9.15. The Labute approximate surface area is 94.2 Å². The van der Waals surface area contributed by atoms with Crippen LogP contribution in [0.3, 0.4) is 0 Å². The van der Waals surface area contributed by atoms with Gasteiger partial charge in [-0.15, -0.1) is 11.3 Å². The van der Waals surface area contributed by atoms with E-state index >= 15 is 0 Å². The van der Waals surface area contributed by atoms with Crippen LogP contribution in [0.15, 0.2) is 72.1 Å². The molecule has 0 atom stereocenters. The molecule has 2 rings (SSSR count). The summed E-state index contributed by atoms with van der Waals surface area (Å²) in [6.45, 7) is 0. The largest absolute Gasteiger partial charge is 0.144 e. The highest BCUT2D eigenvalue weighted by Gasteiger charge is 1.91. The Hall–Kier alpha value is -1.60. The van der Waals surface area contributed by atoms with E-state index in [2.05, 4.69) is 47.8 Å². The van der Waals surface area contributed by atoms with Gasteiger partial charge in [0.25, 0.3) is 0 Å². The first-order valence-corrected chi connectivity index (χ1v) is 5.77. The monoisotopic (exact) mass is 212 g/mol. The fourth-order valence-electron chi connectivity index (χ4n) is 1.30. The number of hydrogen-bond acceptors (Lipinski definition) is 1. The molecule has 1 aromatic heterocycles. The Morgan fingerprint density at radius 1 is 0.600 bits per heavy atom. The summed E-state index contributed by atoms with van der Waals surface area (Å²) in [5, 5.41) is 2.10. The van der Waals surface area contributed by atoms with Gasteiger partial charge in [0.2, 0.25) is 0 Å². The van der Waals surface area contributed by atoms with E-state index in [-0.39, 0.29) is 0 Å². The summed E-state index contributed by atoms with van der Waals surface area (Å²) >= 11 is 1.74. The average molecular weight is 212 g/mol. The van der Waals surface area contributed by atoms with E-state index in [0.29, 0.717) is 0 Å². The molecule has 0 saturated heterocycles. The van der Waals surface area contributed by atoms with Gasteiger partial charge in [0.1, 0.15) is 0 Å². The molecule has 0 fully saturated rings. The third-order valence-corrected chi connectivity index (χ3v) is 2.94. The van der Waals surface area contributed by atoms with Crippen LogP contribution in [-0.2, 0) is 0 Å². The molecule has 0 nitrogen and oxygen atoms in total. The van der Waals surface area contributed by atoms with E-state index in [0.717, 1.165) is 0 Å². The maximum Gasteiger partial charge on any atom is 0.0342 e. The Morgan fingerprint density at radius 2 is 1.20 bits per heavy atom. The van der Waals surface area contributed by atoms with Crippen molar-refractivity contribution in [1.82, 2.24) is 0 Å². The molecule has 2 aromatic rings. The zero-order valence-electron chi connectivity index (χ0n) is 8.34. The van der Waals surface area contributed by atoms with Crippen molar-refractivity contribution in [3.8, 4) is 10.4 Å². The first kappa shape index (κ1) is 9.94. The van der Waals surface area contributed by atoms with Crippen molar-refractivity contribution in [1.29, 1.82) is 0 Å². The van der Waals surface area contributed by atoms with Gasteiger partial charge in [-0.2, -0.15) is 0 Å². The van der Waals surface area contributed by atoms with Gasteiger partial charge in [-0.25, -0.2) is 0 Å². The molecule has 0 N–H and O–H groups in total. The average Bonchev–Trinajstić information content (AvgIpc) is 2.43. The van der Waals surface area contributed by atoms with Crippen molar-refractivity contribution >= 4 is 11.3 Å². The summed E-state index contributed by atoms with van der Waals surface area (Å²) in [6, 6.07) is 22.8. The molecule has 0 radical (unpaired) electrons. The second-order valence-electron chi connectivity index (χ2n) is 3.11. The van der Waals surface area contributed by atoms with E-state index in [1.807, 2.05) is 24.3 Å². The van der Waals surface area contributed by atoms with Gasteiger partial charge in [0.05, 0.1) is 0 Å². The number of benzene rings is 1. The predicted molar refractivity (Wildman–Crippen MR) is 67.4 cm³/mol. The minimum absolute atomic E-state index is 1.26. The molecule has 1 heteroatoms. The molecule has 1 aromatic carbocycles. The second kappa shape index (κ2) is 5.32. The van der Waals surface area contributed by atoms with Gasteiger partial charge in [-0.1, -0.05) is 60.7 Å². The van der Waals surface area contributed by atoms with Crippen molar-refractivity contribution in [3.05, 3.63) is 72.1 Å². The van der Waals surface area contributed by atoms with Crippen LogP contribution in [0.1, 0.15) is 0 Å². The maximum absolute atomic E-state index is 2.14. The predicted octanol–water partition coefficient (Wildman–Crippen LogP) is 4.54. The molecule has 0 saturated carbocycles. The van der Waals surface area contributed by atoms with Gasteiger partial charge in [-0.05, 0) is 17.0 Å². The highest BCUT2D eigenvalue weighted by Crippen LogP contribution is 2.20. The first-order chi connectivity index (χ1) is 7.47. The van der Waals surface area contributed by atoms with Crippen LogP contribution in [0.5, 0.6) is 0 Å². The molecular formula is C14H12S. The summed E-state index contributed by atoms with van der Waals surface area (Å²) < 4.78 is 0. The molecular weight excluding hydrogens is 200 g/mol. The van der Waals surface area contributed by atoms with Crippen LogP contribution in [0.4, 0.5) is 0 Å². The first-order valence-electron chi connectivity index (χ1n) is 4.89. The lowest BCUT2D eigenvalue weighted by atomic mass is 10.2. The van der Waals surface area contributed by atoms with Gasteiger partial charge in [0.15, 0.2) is 0 Å². The standard InChI is InChI=1S/C14H12S/c1-2-7-11-14(15-12-8-3-1)13-9-5-4-6-10-13/h1-12H. The third-order valence-electron chi connectivity index (χ3n) is 2.02. The summed E-state index contributed by atoms with van der Waals surface area (Å²) in [6.07, 6.45) is 0. The molecule has 15 heavy (non-hydrogen) atoms. The minimum atomic E-state index is 1.26. The Balaban J connectivity index is 2.51. The molecule has 0 unspecified atom stereocenters. The van der Waals surface area contributed by atoms with Crippen LogP contribution in [0, 0.1) is 0 Å². The number of rotatable bonds is 1. The highest BCUT2D eigenvalue weighted by molar-refractivity contribution is 7.13. The van der Waals surface area contributed by atoms with Gasteiger partial charge < -0.3 is 0 Å². The maximum atomic E-state index is 2.14. The number of hydrogen-bond donors (Lipinski definition) is 0. The third kappa shape index (κ3) is 2.93. The Kier molecular flexibility index (Phi) is 3.53. The molecule has 0 aliphatic rings. The lowest BCUT2D eigenvalue weighted by Crippen LogP contribution is -1.69. The Bertz CT molecular complexity index is 431. The van der Waals surface area contributed by atoms with Gasteiger partial charge in [-0.3, -0.25) is 0 Å². The summed E-state index contributed by atoms with van der Waals surface area (Å²) in [4.78, 5) is 1.27. The van der Waals surface area contributed by atoms with E-state index in [4.69, 9.17) is 0 Å². The normalized spacial score (nSPS) is 9.33. The highest BCUT2D eigenvalue weighted by atomic mass is 32.1. The molecule has 0 spiro atoms. The lowest BCUT2D eigenvalue weighted by Gasteiger charge is -1.95. The van der Waals surface area contributed by atoms with Crippen LogP contribution in [0.2, 0.25) is 0 Å². The van der Waals surface area contributed by atoms with Gasteiger partial charge >= 0.3 is 0 Å². The molecule has 0 aliphatic heterocycles. The lowest BCUT2D eigenvalue weighted by molar-refractivity contribution is 1.69. The van der Waals surface area contributed by atoms with Crippen LogP contribution in [0.25, 0.3) is 10.4 Å². The van der Waals surface area contributed by atoms with Gasteiger partial charge in [0, 0.05) is 4.88 Å². The van der Waals surface area contributed by atoms with E-state index in [1.165, 1.54) is 10.4 Å². The van der Waals surface area contributed by atoms with Crippen LogP contribution in [-0.4, -0.2) is 0 Å². The summed E-state index contributed by atoms with van der Waals surface area (Å²) in [5.41, 5.74) is 1.26. The second-order valence-corrected chi connectivity index (χ2v) is 4.06. The smallest absolute Gasteiger partial charge is 0.0342 e. The van der Waals surface area contributed by atoms with E-state index in [1.54, 1.807) is 11.3 Å². The topological polar surface area (TPSA) is 0 Å². The van der Waals surface area contributed by atoms with Crippen molar-refractivity contribution < 1.29 is 0 Å². The molecule has 0 bridgehead atoms. The molecule has 1 heterocycles. The Morgan fingerprint density at radius 3 is 2.07 bits per heavy atom. The molecule has 0 aliphatic carbocycles. The van der Waals surface area contributed by atoms with E-state index < -0.39 is 0 Å². The quantitative estimate of drug-likeness (QED) is 0.651. The fourth-order valence-corrected chi connectivity index (χ4v) is 2.04. The van der Waals surface area contributed by atoms with Crippen molar-refractivity contribution in [2.45, 2.75) is 0 Å². The van der Waals surface area contributed by atoms with Crippen molar-refractivity contribution in [2.75, 3.05) is 0 Å². The SMILES string of the molecule is c1cccsc(-c2ccccc2)ccc1. The van der Waals surface area contributed by atoms with Crippen molar-refractivity contribution in [2.24, 2.45) is 0 Å². The van der Waals surface area contributed by atoms with E-state index in [9.17, 15) is 0 Å². The van der Waals surface area contributed by atoms with Crippen LogP contribution < -0.4 is 0 Å². The van der Waals surface area contributed by atoms with Crippen molar-refractivity contribution in [3.63, 3.8) is 0 Å². The minimum Gasteiger partial charge on any atom is -0.144 e. The van der Waals surface area contributed by atoms with Crippen LogP contribution >= 0.6 is 11.3 Å². The zero-order chi connectivity index (χ0) is 10.3. The molecule has 74 valence electrons. The molecule has 0 amide bonds. The summed E-state index contributed by atoms with van der Waals surface area (Å²) in [7, 11) is 0. The summed E-state index contributed by atoms with van der Waals surface area (Å²) in [5.74, 6) is 0. The fraction of sp³-hybridized carbons (Fsp3) is 0.